The average molecular weight is 195 g/mol. The molecule has 0 saturated heterocycles. The average Bonchev–Trinajstić information content (AvgIpc) is 2.02. The lowest BCUT2D eigenvalue weighted by molar-refractivity contribution is -0.138. The summed E-state index contributed by atoms with van der Waals surface area (Å²) in [5.74, 6) is 0.251. The molecule has 1 aliphatic rings. The van der Waals surface area contributed by atoms with Crippen molar-refractivity contribution in [3.8, 4) is 0 Å². The summed E-state index contributed by atoms with van der Waals surface area (Å²) < 4.78 is 35.6. The molecule has 0 aromatic rings. The van der Waals surface area contributed by atoms with Gasteiger partial charge in [0.25, 0.3) is 0 Å². The molecule has 0 radical (unpaired) electrons. The van der Waals surface area contributed by atoms with Gasteiger partial charge >= 0.3 is 6.18 Å². The standard InChI is InChI=1S/C9H16F3N/c10-9(11,12)6-5-7-1-3-8(13)4-2-7/h7-8H,1-6,13H2. The number of hydrogen-bond donors (Lipinski definition) is 1. The minimum atomic E-state index is -3.99. The maximum atomic E-state index is 11.9. The minimum absolute atomic E-state index is 0.224. The molecule has 1 rings (SSSR count). The van der Waals surface area contributed by atoms with E-state index < -0.39 is 12.6 Å². The second kappa shape index (κ2) is 4.31. The van der Waals surface area contributed by atoms with Crippen LogP contribution in [0.25, 0.3) is 0 Å². The maximum absolute atomic E-state index is 11.9. The highest BCUT2D eigenvalue weighted by Crippen LogP contribution is 2.31. The number of nitrogens with two attached hydrogens (primary N) is 1. The lowest BCUT2D eigenvalue weighted by atomic mass is 9.84. The second-order valence-electron chi connectivity index (χ2n) is 3.93. The summed E-state index contributed by atoms with van der Waals surface area (Å²) in [6, 6.07) is 0.224. The molecular formula is C9H16F3N. The summed E-state index contributed by atoms with van der Waals surface area (Å²) in [4.78, 5) is 0. The zero-order valence-electron chi connectivity index (χ0n) is 7.61. The Morgan fingerprint density at radius 3 is 2.08 bits per heavy atom. The van der Waals surface area contributed by atoms with Crippen molar-refractivity contribution in [3.05, 3.63) is 0 Å². The predicted octanol–water partition coefficient (Wildman–Crippen LogP) is 2.85. The predicted molar refractivity (Wildman–Crippen MR) is 45.2 cm³/mol. The van der Waals surface area contributed by atoms with E-state index in [0.717, 1.165) is 25.7 Å². The van der Waals surface area contributed by atoms with Gasteiger partial charge in [0.2, 0.25) is 0 Å². The van der Waals surface area contributed by atoms with E-state index in [4.69, 9.17) is 5.73 Å². The van der Waals surface area contributed by atoms with E-state index in [2.05, 4.69) is 0 Å². The van der Waals surface area contributed by atoms with Crippen LogP contribution in [0.5, 0.6) is 0 Å². The van der Waals surface area contributed by atoms with Crippen molar-refractivity contribution in [1.29, 1.82) is 0 Å². The highest BCUT2D eigenvalue weighted by Gasteiger charge is 2.29. The van der Waals surface area contributed by atoms with Gasteiger partial charge in [-0.25, -0.2) is 0 Å². The zero-order valence-corrected chi connectivity index (χ0v) is 7.61. The molecule has 0 aromatic heterocycles. The first-order valence-corrected chi connectivity index (χ1v) is 4.80. The van der Waals surface area contributed by atoms with Crippen molar-refractivity contribution in [2.24, 2.45) is 11.7 Å². The molecule has 2 N–H and O–H groups in total. The summed E-state index contributed by atoms with van der Waals surface area (Å²) >= 11 is 0. The second-order valence-corrected chi connectivity index (χ2v) is 3.93. The van der Waals surface area contributed by atoms with Crippen LogP contribution in [0.1, 0.15) is 38.5 Å². The quantitative estimate of drug-likeness (QED) is 0.720. The first-order valence-electron chi connectivity index (χ1n) is 4.80. The Labute approximate surface area is 76.5 Å². The van der Waals surface area contributed by atoms with Crippen LogP contribution >= 0.6 is 0 Å². The van der Waals surface area contributed by atoms with Crippen molar-refractivity contribution in [1.82, 2.24) is 0 Å². The summed E-state index contributed by atoms with van der Waals surface area (Å²) in [6.45, 7) is 0. The van der Waals surface area contributed by atoms with Crippen molar-refractivity contribution >= 4 is 0 Å². The molecule has 4 heteroatoms. The van der Waals surface area contributed by atoms with Crippen LogP contribution < -0.4 is 5.73 Å². The number of alkyl halides is 3. The minimum Gasteiger partial charge on any atom is -0.328 e. The molecule has 0 heterocycles. The van der Waals surface area contributed by atoms with Crippen LogP contribution in [0.15, 0.2) is 0 Å². The Morgan fingerprint density at radius 1 is 1.08 bits per heavy atom. The van der Waals surface area contributed by atoms with Gasteiger partial charge in [-0.3, -0.25) is 0 Å². The van der Waals surface area contributed by atoms with Gasteiger partial charge in [-0.05, 0) is 38.0 Å². The number of halogens is 3. The van der Waals surface area contributed by atoms with Crippen LogP contribution in [0.3, 0.4) is 0 Å². The highest BCUT2D eigenvalue weighted by molar-refractivity contribution is 4.74. The fraction of sp³-hybridized carbons (Fsp3) is 1.00. The molecular weight excluding hydrogens is 179 g/mol. The van der Waals surface area contributed by atoms with Gasteiger partial charge in [-0.15, -0.1) is 0 Å². The third-order valence-electron chi connectivity index (χ3n) is 2.73. The Kier molecular flexibility index (Phi) is 3.59. The molecule has 0 aromatic carbocycles. The summed E-state index contributed by atoms with van der Waals surface area (Å²) in [5, 5.41) is 0. The molecule has 1 saturated carbocycles. The van der Waals surface area contributed by atoms with Gasteiger partial charge in [0.05, 0.1) is 0 Å². The Hall–Kier alpha value is -0.250. The van der Waals surface area contributed by atoms with E-state index in [1.807, 2.05) is 0 Å². The third kappa shape index (κ3) is 4.50. The monoisotopic (exact) mass is 195 g/mol. The van der Waals surface area contributed by atoms with E-state index >= 15 is 0 Å². The molecule has 0 amide bonds. The van der Waals surface area contributed by atoms with Gasteiger partial charge < -0.3 is 5.73 Å². The first-order chi connectivity index (χ1) is 5.97. The molecule has 1 aliphatic carbocycles. The molecule has 0 unspecified atom stereocenters. The van der Waals surface area contributed by atoms with Gasteiger partial charge in [0.15, 0.2) is 0 Å². The molecule has 0 spiro atoms. The summed E-state index contributed by atoms with van der Waals surface area (Å²) in [5.41, 5.74) is 5.66. The number of hydrogen-bond acceptors (Lipinski definition) is 1. The van der Waals surface area contributed by atoms with Crippen molar-refractivity contribution in [2.45, 2.75) is 50.7 Å². The van der Waals surface area contributed by atoms with E-state index in [1.165, 1.54) is 0 Å². The largest absolute Gasteiger partial charge is 0.389 e. The Bertz CT molecular complexity index is 147. The van der Waals surface area contributed by atoms with Crippen LogP contribution in [0, 0.1) is 5.92 Å². The maximum Gasteiger partial charge on any atom is 0.389 e. The topological polar surface area (TPSA) is 26.0 Å². The molecule has 13 heavy (non-hydrogen) atoms. The lowest BCUT2D eigenvalue weighted by Crippen LogP contribution is -2.27. The van der Waals surface area contributed by atoms with E-state index in [9.17, 15) is 13.2 Å². The molecule has 78 valence electrons. The van der Waals surface area contributed by atoms with Crippen LogP contribution in [0.4, 0.5) is 13.2 Å². The number of rotatable bonds is 2. The zero-order chi connectivity index (χ0) is 9.90. The molecule has 0 atom stereocenters. The highest BCUT2D eigenvalue weighted by atomic mass is 19.4. The van der Waals surface area contributed by atoms with Gasteiger partial charge in [-0.1, -0.05) is 0 Å². The van der Waals surface area contributed by atoms with E-state index in [-0.39, 0.29) is 18.4 Å². The SMILES string of the molecule is NC1CCC(CCC(F)(F)F)CC1. The molecule has 0 bridgehead atoms. The summed E-state index contributed by atoms with van der Waals surface area (Å²) in [7, 11) is 0. The van der Waals surface area contributed by atoms with Crippen molar-refractivity contribution in [3.63, 3.8) is 0 Å². The lowest BCUT2D eigenvalue weighted by Gasteiger charge is -2.26. The van der Waals surface area contributed by atoms with Gasteiger partial charge in [0, 0.05) is 12.5 Å². The van der Waals surface area contributed by atoms with E-state index in [0.29, 0.717) is 0 Å². The fourth-order valence-corrected chi connectivity index (χ4v) is 1.84. The van der Waals surface area contributed by atoms with Crippen molar-refractivity contribution < 1.29 is 13.2 Å². The van der Waals surface area contributed by atoms with Gasteiger partial charge in [0.1, 0.15) is 0 Å². The molecule has 1 fully saturated rings. The van der Waals surface area contributed by atoms with Crippen LogP contribution in [-0.4, -0.2) is 12.2 Å². The molecule has 0 aliphatic heterocycles. The smallest absolute Gasteiger partial charge is 0.328 e. The Balaban J connectivity index is 2.16. The summed E-state index contributed by atoms with van der Waals surface area (Å²) in [6.07, 6.45) is -0.803. The third-order valence-corrected chi connectivity index (χ3v) is 2.73. The normalized spacial score (nSPS) is 30.5. The van der Waals surface area contributed by atoms with Crippen LogP contribution in [0.2, 0.25) is 0 Å². The van der Waals surface area contributed by atoms with Gasteiger partial charge in [-0.2, -0.15) is 13.2 Å². The van der Waals surface area contributed by atoms with Crippen LogP contribution in [-0.2, 0) is 0 Å². The van der Waals surface area contributed by atoms with E-state index in [1.54, 1.807) is 0 Å². The molecule has 1 nitrogen and oxygen atoms in total. The fourth-order valence-electron chi connectivity index (χ4n) is 1.84. The van der Waals surface area contributed by atoms with Crippen molar-refractivity contribution in [2.75, 3.05) is 0 Å². The Morgan fingerprint density at radius 2 is 1.62 bits per heavy atom. The first kappa shape index (κ1) is 10.8.